The Bertz CT molecular complexity index is 724. The minimum absolute atomic E-state index is 0.0802. The van der Waals surface area contributed by atoms with Gasteiger partial charge in [0.2, 0.25) is 10.0 Å². The maximum absolute atomic E-state index is 12.3. The number of hydrogen-bond donors (Lipinski definition) is 1. The zero-order valence-electron chi connectivity index (χ0n) is 13.0. The summed E-state index contributed by atoms with van der Waals surface area (Å²) in [4.78, 5) is 12.3. The lowest BCUT2D eigenvalue weighted by Gasteiger charge is -2.21. The molecule has 1 heterocycles. The van der Waals surface area contributed by atoms with E-state index in [0.717, 1.165) is 0 Å². The van der Waals surface area contributed by atoms with Crippen molar-refractivity contribution in [2.24, 2.45) is 5.92 Å². The Kier molecular flexibility index (Phi) is 5.36. The second-order valence-electron chi connectivity index (χ2n) is 5.63. The van der Waals surface area contributed by atoms with Crippen LogP contribution >= 0.6 is 0 Å². The first kappa shape index (κ1) is 17.4. The van der Waals surface area contributed by atoms with Gasteiger partial charge < -0.3 is 10.1 Å². The van der Waals surface area contributed by atoms with Gasteiger partial charge in [0, 0.05) is 25.6 Å². The number of hydrogen-bond acceptors (Lipinski definition) is 5. The van der Waals surface area contributed by atoms with Crippen LogP contribution in [0.15, 0.2) is 24.3 Å². The summed E-state index contributed by atoms with van der Waals surface area (Å²) in [6.07, 6.45) is 0. The molecule has 2 rings (SSSR count). The highest BCUT2D eigenvalue weighted by atomic mass is 32.2. The van der Waals surface area contributed by atoms with E-state index in [-0.39, 0.29) is 36.8 Å². The van der Waals surface area contributed by atoms with Crippen LogP contribution in [0.3, 0.4) is 0 Å². The number of benzene rings is 1. The molecule has 1 fully saturated rings. The number of carbonyl (C=O) groups excluding carboxylic acids is 1. The topological polar surface area (TPSA) is 99.5 Å². The van der Waals surface area contributed by atoms with Gasteiger partial charge in [0.1, 0.15) is 0 Å². The molecule has 0 unspecified atom stereocenters. The molecule has 0 radical (unpaired) electrons. The fourth-order valence-corrected chi connectivity index (χ4v) is 3.49. The highest BCUT2D eigenvalue weighted by Crippen LogP contribution is 2.18. The molecule has 0 spiro atoms. The molecule has 8 heteroatoms. The number of ether oxygens (including phenoxy) is 1. The van der Waals surface area contributed by atoms with Gasteiger partial charge >= 0.3 is 0 Å². The molecule has 2 atom stereocenters. The lowest BCUT2D eigenvalue weighted by Crippen LogP contribution is -2.43. The fourth-order valence-electron chi connectivity index (χ4n) is 2.32. The lowest BCUT2D eigenvalue weighted by molar-refractivity contribution is 0.0926. The summed E-state index contributed by atoms with van der Waals surface area (Å²) < 4.78 is 30.5. The fraction of sp³-hybridized carbons (Fsp3) is 0.467. The maximum Gasteiger partial charge on any atom is 0.251 e. The predicted octanol–water partition coefficient (Wildman–Crippen LogP) is 0.194. The standard InChI is InChI=1S/C15H19N3O4S/c1-18(2)23(20,21)10-13-8-22-9-14(13)17-15(19)12-5-3-4-11(6-12)7-16/h3-6,13-14H,8-10H2,1-2H3,(H,17,19)/t13-,14-/m0/s1. The van der Waals surface area contributed by atoms with Gasteiger partial charge in [-0.25, -0.2) is 12.7 Å². The van der Waals surface area contributed by atoms with E-state index in [1.165, 1.54) is 24.5 Å². The summed E-state index contributed by atoms with van der Waals surface area (Å²) in [5, 5.41) is 11.7. The third kappa shape index (κ3) is 4.28. The van der Waals surface area contributed by atoms with E-state index in [0.29, 0.717) is 11.1 Å². The first-order chi connectivity index (χ1) is 10.8. The number of amides is 1. The van der Waals surface area contributed by atoms with Gasteiger partial charge in [-0.1, -0.05) is 6.07 Å². The van der Waals surface area contributed by atoms with Crippen LogP contribution in [0.4, 0.5) is 0 Å². The predicted molar refractivity (Wildman–Crippen MR) is 84.2 cm³/mol. The van der Waals surface area contributed by atoms with Crippen LogP contribution in [0.5, 0.6) is 0 Å². The molecule has 1 aromatic carbocycles. The van der Waals surface area contributed by atoms with Gasteiger partial charge in [-0.3, -0.25) is 4.79 Å². The van der Waals surface area contributed by atoms with Crippen LogP contribution in [0.1, 0.15) is 15.9 Å². The zero-order valence-corrected chi connectivity index (χ0v) is 13.8. The molecule has 1 aliphatic rings. The summed E-state index contributed by atoms with van der Waals surface area (Å²) in [7, 11) is -0.410. The minimum Gasteiger partial charge on any atom is -0.379 e. The smallest absolute Gasteiger partial charge is 0.251 e. The van der Waals surface area contributed by atoms with E-state index < -0.39 is 10.0 Å². The van der Waals surface area contributed by atoms with Crippen LogP contribution < -0.4 is 5.32 Å². The van der Waals surface area contributed by atoms with Crippen molar-refractivity contribution >= 4 is 15.9 Å². The SMILES string of the molecule is CN(C)S(=O)(=O)C[C@@H]1COC[C@@H]1NC(=O)c1cccc(C#N)c1. The van der Waals surface area contributed by atoms with Gasteiger partial charge in [0.15, 0.2) is 0 Å². The summed E-state index contributed by atoms with van der Waals surface area (Å²) in [5.74, 6) is -0.723. The van der Waals surface area contributed by atoms with Crippen LogP contribution in [0.2, 0.25) is 0 Å². The molecule has 1 aromatic rings. The van der Waals surface area contributed by atoms with E-state index in [1.807, 2.05) is 6.07 Å². The second-order valence-corrected chi connectivity index (χ2v) is 7.86. The number of nitriles is 1. The van der Waals surface area contributed by atoms with Crippen LogP contribution in [-0.4, -0.2) is 57.7 Å². The third-order valence-corrected chi connectivity index (χ3v) is 5.71. The average molecular weight is 337 g/mol. The van der Waals surface area contributed by atoms with Crippen molar-refractivity contribution in [2.45, 2.75) is 6.04 Å². The minimum atomic E-state index is -3.37. The Morgan fingerprint density at radius 2 is 2.17 bits per heavy atom. The largest absolute Gasteiger partial charge is 0.379 e. The first-order valence-corrected chi connectivity index (χ1v) is 8.73. The molecule has 1 aliphatic heterocycles. The van der Waals surface area contributed by atoms with Crippen molar-refractivity contribution in [3.05, 3.63) is 35.4 Å². The zero-order chi connectivity index (χ0) is 17.0. The Hall–Kier alpha value is -1.95. The van der Waals surface area contributed by atoms with Crippen molar-refractivity contribution in [3.63, 3.8) is 0 Å². The van der Waals surface area contributed by atoms with Crippen LogP contribution in [-0.2, 0) is 14.8 Å². The van der Waals surface area contributed by atoms with Crippen molar-refractivity contribution in [3.8, 4) is 6.07 Å². The molecule has 0 saturated carbocycles. The molecule has 124 valence electrons. The maximum atomic E-state index is 12.3. The summed E-state index contributed by atoms with van der Waals surface area (Å²) in [6.45, 7) is 0.563. The number of nitrogens with zero attached hydrogens (tertiary/aromatic N) is 2. The van der Waals surface area contributed by atoms with Crippen LogP contribution in [0, 0.1) is 17.2 Å². The van der Waals surface area contributed by atoms with Crippen molar-refractivity contribution in [2.75, 3.05) is 33.1 Å². The molecule has 1 saturated heterocycles. The molecule has 1 N–H and O–H groups in total. The van der Waals surface area contributed by atoms with E-state index in [1.54, 1.807) is 18.2 Å². The second kappa shape index (κ2) is 7.08. The molecule has 1 amide bonds. The normalized spacial score (nSPS) is 21.1. The lowest BCUT2D eigenvalue weighted by atomic mass is 10.1. The molecule has 0 aliphatic carbocycles. The van der Waals surface area contributed by atoms with E-state index >= 15 is 0 Å². The van der Waals surface area contributed by atoms with E-state index in [9.17, 15) is 13.2 Å². The average Bonchev–Trinajstić information content (AvgIpc) is 2.93. The molecule has 23 heavy (non-hydrogen) atoms. The molecular weight excluding hydrogens is 318 g/mol. The molecule has 0 bridgehead atoms. The Morgan fingerprint density at radius 1 is 1.43 bits per heavy atom. The monoisotopic (exact) mass is 337 g/mol. The summed E-state index contributed by atoms with van der Waals surface area (Å²) in [5.41, 5.74) is 0.761. The summed E-state index contributed by atoms with van der Waals surface area (Å²) >= 11 is 0. The highest BCUT2D eigenvalue weighted by molar-refractivity contribution is 7.89. The molecule has 0 aromatic heterocycles. The van der Waals surface area contributed by atoms with Crippen LogP contribution in [0.25, 0.3) is 0 Å². The first-order valence-electron chi connectivity index (χ1n) is 7.12. The quantitative estimate of drug-likeness (QED) is 0.827. The number of sulfonamides is 1. The number of rotatable bonds is 5. The van der Waals surface area contributed by atoms with Gasteiger partial charge in [-0.15, -0.1) is 0 Å². The highest BCUT2D eigenvalue weighted by Gasteiger charge is 2.34. The summed E-state index contributed by atoms with van der Waals surface area (Å²) in [6, 6.07) is 7.96. The Morgan fingerprint density at radius 3 is 2.83 bits per heavy atom. The third-order valence-electron chi connectivity index (χ3n) is 3.75. The van der Waals surface area contributed by atoms with E-state index in [4.69, 9.17) is 10.00 Å². The number of carbonyl (C=O) groups is 1. The van der Waals surface area contributed by atoms with Crippen molar-refractivity contribution < 1.29 is 17.9 Å². The van der Waals surface area contributed by atoms with Crippen molar-refractivity contribution in [1.29, 1.82) is 5.26 Å². The van der Waals surface area contributed by atoms with Crippen molar-refractivity contribution in [1.82, 2.24) is 9.62 Å². The number of nitrogens with one attached hydrogen (secondary N) is 1. The molecular formula is C15H19N3O4S. The van der Waals surface area contributed by atoms with E-state index in [2.05, 4.69) is 5.32 Å². The van der Waals surface area contributed by atoms with Gasteiger partial charge in [0.25, 0.3) is 5.91 Å². The van der Waals surface area contributed by atoms with Gasteiger partial charge in [-0.05, 0) is 18.2 Å². The van der Waals surface area contributed by atoms with Gasteiger partial charge in [-0.2, -0.15) is 5.26 Å². The molecule has 7 nitrogen and oxygen atoms in total. The Balaban J connectivity index is 2.06. The Labute approximate surface area is 135 Å². The van der Waals surface area contributed by atoms with Gasteiger partial charge in [0.05, 0.1) is 36.6 Å².